The minimum absolute atomic E-state index is 0.0286. The first kappa shape index (κ1) is 28.7. The Hall–Kier alpha value is -2.52. The summed E-state index contributed by atoms with van der Waals surface area (Å²) >= 11 is 0. The van der Waals surface area contributed by atoms with E-state index in [9.17, 15) is 33.7 Å². The number of hydrogen-bond acceptors (Lipinski definition) is 13. The van der Waals surface area contributed by atoms with Gasteiger partial charge in [-0.3, -0.25) is 9.11 Å². The van der Waals surface area contributed by atoms with Crippen molar-refractivity contribution < 1.29 is 55.9 Å². The summed E-state index contributed by atoms with van der Waals surface area (Å²) in [5.74, 6) is -2.65. The van der Waals surface area contributed by atoms with Crippen molar-refractivity contribution >= 4 is 51.8 Å². The predicted octanol–water partition coefficient (Wildman–Crippen LogP) is -0.170. The quantitative estimate of drug-likeness (QED) is 0.189. The summed E-state index contributed by atoms with van der Waals surface area (Å²) in [7, 11) is -18.5. The van der Waals surface area contributed by atoms with Gasteiger partial charge in [-0.05, 0) is 36.4 Å². The van der Waals surface area contributed by atoms with Crippen molar-refractivity contribution in [2.75, 3.05) is 36.2 Å². The van der Waals surface area contributed by atoms with Crippen LogP contribution in [0.3, 0.4) is 0 Å². The molecule has 2 rings (SSSR count). The average Bonchev–Trinajstić information content (AvgIpc) is 2.68. The third kappa shape index (κ3) is 8.89. The summed E-state index contributed by atoms with van der Waals surface area (Å²) in [6, 6.07) is 6.66. The van der Waals surface area contributed by atoms with Gasteiger partial charge in [-0.2, -0.15) is 16.8 Å². The summed E-state index contributed by atoms with van der Waals surface area (Å²) in [6.45, 7) is -1.88. The lowest BCUT2D eigenvalue weighted by Gasteiger charge is -2.16. The fourth-order valence-corrected chi connectivity index (χ4v) is 5.85. The second kappa shape index (κ2) is 10.6. The number of sulfone groups is 2. The summed E-state index contributed by atoms with van der Waals surface area (Å²) in [5, 5.41) is 0. The Morgan fingerprint density at radius 3 is 1.29 bits per heavy atom. The first-order valence-corrected chi connectivity index (χ1v) is 15.1. The molecule has 0 saturated carbocycles. The van der Waals surface area contributed by atoms with Crippen molar-refractivity contribution in [1.82, 2.24) is 0 Å². The van der Waals surface area contributed by atoms with Crippen molar-refractivity contribution in [1.29, 1.82) is 0 Å². The summed E-state index contributed by atoms with van der Waals surface area (Å²) in [5.41, 5.74) is 11.2. The Balaban J connectivity index is 2.44. The van der Waals surface area contributed by atoms with Crippen molar-refractivity contribution in [2.45, 2.75) is 9.79 Å². The molecule has 0 atom stereocenters. The molecule has 2 aromatic rings. The molecule has 0 aliphatic heterocycles. The molecule has 0 aromatic heterocycles. The van der Waals surface area contributed by atoms with Crippen LogP contribution >= 0.6 is 0 Å². The molecule has 0 spiro atoms. The Kier molecular flexibility index (Phi) is 8.71. The van der Waals surface area contributed by atoms with Crippen LogP contribution in [0.2, 0.25) is 0 Å². The highest BCUT2D eigenvalue weighted by atomic mass is 32.3. The number of hydrogen-bond donors (Lipinski definition) is 4. The van der Waals surface area contributed by atoms with Gasteiger partial charge in [0.25, 0.3) is 0 Å². The third-order valence-electron chi connectivity index (χ3n) is 3.99. The van der Waals surface area contributed by atoms with E-state index in [4.69, 9.17) is 25.3 Å². The van der Waals surface area contributed by atoms with Gasteiger partial charge in [0.05, 0.1) is 24.7 Å². The molecule has 0 unspecified atom stereocenters. The Labute approximate surface area is 201 Å². The molecule has 0 aliphatic carbocycles. The highest BCUT2D eigenvalue weighted by molar-refractivity contribution is 7.92. The molecule has 15 nitrogen and oxygen atoms in total. The van der Waals surface area contributed by atoms with Crippen LogP contribution in [0.25, 0.3) is 0 Å². The fourth-order valence-electron chi connectivity index (χ4n) is 2.54. The van der Waals surface area contributed by atoms with E-state index in [0.717, 1.165) is 24.3 Å². The smallest absolute Gasteiger partial charge is 0.397 e. The summed E-state index contributed by atoms with van der Waals surface area (Å²) in [6.07, 6.45) is 0. The van der Waals surface area contributed by atoms with E-state index in [1.165, 1.54) is 12.1 Å². The van der Waals surface area contributed by atoms with E-state index in [1.54, 1.807) is 0 Å². The number of nitrogen functional groups attached to an aromatic ring is 2. The molecular formula is C16H20N2O13S4. The zero-order chi connectivity index (χ0) is 26.7. The van der Waals surface area contributed by atoms with Gasteiger partial charge in [-0.25, -0.2) is 25.2 Å². The van der Waals surface area contributed by atoms with Crippen molar-refractivity contribution in [3.05, 3.63) is 36.4 Å². The molecule has 0 aliphatic rings. The van der Waals surface area contributed by atoms with Gasteiger partial charge in [-0.1, -0.05) is 0 Å². The van der Waals surface area contributed by atoms with Crippen LogP contribution in [0.1, 0.15) is 0 Å². The van der Waals surface area contributed by atoms with Gasteiger partial charge >= 0.3 is 20.8 Å². The topological polar surface area (TPSA) is 257 Å². The maximum absolute atomic E-state index is 12.7. The lowest BCUT2D eigenvalue weighted by atomic mass is 10.3. The van der Waals surface area contributed by atoms with Crippen molar-refractivity contribution in [2.24, 2.45) is 0 Å². The van der Waals surface area contributed by atoms with Gasteiger partial charge in [0, 0.05) is 11.4 Å². The predicted molar refractivity (Wildman–Crippen MR) is 121 cm³/mol. The molecule has 6 N–H and O–H groups in total. The molecule has 0 saturated heterocycles. The van der Waals surface area contributed by atoms with Crippen molar-refractivity contribution in [3.63, 3.8) is 0 Å². The molecule has 196 valence electrons. The first-order valence-electron chi connectivity index (χ1n) is 9.06. The molecular weight excluding hydrogens is 556 g/mol. The van der Waals surface area contributed by atoms with Crippen LogP contribution in [0, 0.1) is 0 Å². The van der Waals surface area contributed by atoms with Crippen LogP contribution in [0.4, 0.5) is 11.4 Å². The lowest BCUT2D eigenvalue weighted by Crippen LogP contribution is -2.17. The number of anilines is 2. The SMILES string of the molecule is Nc1ccc(Oc2ccc(N)cc2S(=O)(=O)CCOS(=O)(=O)O)c(S(=O)(=O)CCOS(=O)(=O)O)c1. The molecule has 0 heterocycles. The average molecular weight is 577 g/mol. The normalized spacial score (nSPS) is 13.0. The van der Waals surface area contributed by atoms with Gasteiger partial charge in [0.2, 0.25) is 0 Å². The number of nitrogens with two attached hydrogens (primary N) is 2. The van der Waals surface area contributed by atoms with E-state index in [0.29, 0.717) is 0 Å². The van der Waals surface area contributed by atoms with E-state index in [-0.39, 0.29) is 11.4 Å². The van der Waals surface area contributed by atoms with Gasteiger partial charge in [-0.15, -0.1) is 0 Å². The molecule has 0 radical (unpaired) electrons. The highest BCUT2D eigenvalue weighted by Crippen LogP contribution is 2.35. The second-order valence-electron chi connectivity index (χ2n) is 6.65. The third-order valence-corrected chi connectivity index (χ3v) is 8.31. The number of rotatable bonds is 12. The molecule has 2 aromatic carbocycles. The van der Waals surface area contributed by atoms with Crippen LogP contribution in [-0.4, -0.2) is 67.5 Å². The van der Waals surface area contributed by atoms with Gasteiger partial charge in [0.15, 0.2) is 19.7 Å². The maximum atomic E-state index is 12.7. The summed E-state index contributed by atoms with van der Waals surface area (Å²) < 4.78 is 124. The lowest BCUT2D eigenvalue weighted by molar-refractivity contribution is 0.282. The largest absolute Gasteiger partial charge is 0.455 e. The highest BCUT2D eigenvalue weighted by Gasteiger charge is 2.26. The van der Waals surface area contributed by atoms with Gasteiger partial charge in [0.1, 0.15) is 21.3 Å². The van der Waals surface area contributed by atoms with E-state index in [1.807, 2.05) is 0 Å². The Bertz CT molecular complexity index is 1400. The molecule has 0 amide bonds. The Morgan fingerprint density at radius 1 is 0.629 bits per heavy atom. The zero-order valence-electron chi connectivity index (χ0n) is 17.5. The molecule has 35 heavy (non-hydrogen) atoms. The Morgan fingerprint density at radius 2 is 0.971 bits per heavy atom. The van der Waals surface area contributed by atoms with Crippen LogP contribution in [0.5, 0.6) is 11.5 Å². The van der Waals surface area contributed by atoms with Crippen molar-refractivity contribution in [3.8, 4) is 11.5 Å². The number of benzene rings is 2. The van der Waals surface area contributed by atoms with Crippen LogP contribution < -0.4 is 16.2 Å². The van der Waals surface area contributed by atoms with E-state index < -0.39 is 86.5 Å². The molecule has 19 heteroatoms. The summed E-state index contributed by atoms with van der Waals surface area (Å²) in [4.78, 5) is -1.10. The minimum atomic E-state index is -4.90. The molecule has 0 bridgehead atoms. The second-order valence-corrected chi connectivity index (χ2v) is 13.0. The van der Waals surface area contributed by atoms with E-state index >= 15 is 0 Å². The zero-order valence-corrected chi connectivity index (χ0v) is 20.7. The molecule has 0 fully saturated rings. The number of ether oxygens (including phenoxy) is 1. The van der Waals surface area contributed by atoms with Gasteiger partial charge < -0.3 is 16.2 Å². The van der Waals surface area contributed by atoms with Crippen LogP contribution in [0.15, 0.2) is 46.2 Å². The first-order chi connectivity index (χ1) is 15.9. The fraction of sp³-hybridized carbons (Fsp3) is 0.250. The maximum Gasteiger partial charge on any atom is 0.397 e. The minimum Gasteiger partial charge on any atom is -0.455 e. The van der Waals surface area contributed by atoms with Crippen LogP contribution in [-0.2, 0) is 48.8 Å². The standard InChI is InChI=1S/C16H20N2O13S4/c17-11-1-3-13(15(9-11)32(19,20)7-5-29-34(23,24)25)31-14-4-2-12(18)10-16(14)33(21,22)8-6-30-35(26,27)28/h1-4,9-10H,5-8,17-18H2,(H,23,24,25)(H,26,27,28). The van der Waals surface area contributed by atoms with E-state index in [2.05, 4.69) is 8.37 Å². The monoisotopic (exact) mass is 576 g/mol.